The SMILES string of the molecule is O=C(Nc1ccccc1)Nc1cccc2c1CCN(C(=O)NCc1ccc(O)cc1)C2. The van der Waals surface area contributed by atoms with Gasteiger partial charge >= 0.3 is 12.1 Å². The van der Waals surface area contributed by atoms with Gasteiger partial charge < -0.3 is 26.0 Å². The van der Waals surface area contributed by atoms with Gasteiger partial charge in [-0.2, -0.15) is 0 Å². The Labute approximate surface area is 180 Å². The summed E-state index contributed by atoms with van der Waals surface area (Å²) in [5.41, 5.74) is 4.47. The summed E-state index contributed by atoms with van der Waals surface area (Å²) in [4.78, 5) is 26.7. The average Bonchev–Trinajstić information content (AvgIpc) is 2.79. The van der Waals surface area contributed by atoms with Crippen LogP contribution in [-0.4, -0.2) is 28.6 Å². The summed E-state index contributed by atoms with van der Waals surface area (Å²) < 4.78 is 0. The predicted octanol–water partition coefficient (Wildman–Crippen LogP) is 4.30. The van der Waals surface area contributed by atoms with Crippen molar-refractivity contribution in [3.63, 3.8) is 0 Å². The number of rotatable bonds is 4. The predicted molar refractivity (Wildman–Crippen MR) is 120 cm³/mol. The Hall–Kier alpha value is -4.00. The van der Waals surface area contributed by atoms with E-state index in [4.69, 9.17) is 0 Å². The van der Waals surface area contributed by atoms with Crippen molar-refractivity contribution >= 4 is 23.4 Å². The van der Waals surface area contributed by atoms with Gasteiger partial charge in [-0.1, -0.05) is 42.5 Å². The van der Waals surface area contributed by atoms with E-state index >= 15 is 0 Å². The molecule has 0 bridgehead atoms. The van der Waals surface area contributed by atoms with Crippen molar-refractivity contribution in [3.8, 4) is 5.75 Å². The molecule has 0 saturated carbocycles. The molecule has 158 valence electrons. The minimum Gasteiger partial charge on any atom is -0.508 e. The molecule has 31 heavy (non-hydrogen) atoms. The van der Waals surface area contributed by atoms with Crippen LogP contribution in [0.2, 0.25) is 0 Å². The summed E-state index contributed by atoms with van der Waals surface area (Å²) in [6, 6.07) is 21.3. The molecular weight excluding hydrogens is 392 g/mol. The quantitative estimate of drug-likeness (QED) is 0.511. The van der Waals surface area contributed by atoms with Gasteiger partial charge in [-0.05, 0) is 53.4 Å². The number of para-hydroxylation sites is 1. The van der Waals surface area contributed by atoms with Crippen LogP contribution in [-0.2, 0) is 19.5 Å². The highest BCUT2D eigenvalue weighted by atomic mass is 16.3. The van der Waals surface area contributed by atoms with Crippen LogP contribution in [0, 0.1) is 0 Å². The molecule has 0 atom stereocenters. The van der Waals surface area contributed by atoms with Gasteiger partial charge in [0.2, 0.25) is 0 Å². The molecule has 1 aliphatic rings. The Morgan fingerprint density at radius 1 is 0.903 bits per heavy atom. The van der Waals surface area contributed by atoms with Crippen LogP contribution in [0.15, 0.2) is 72.8 Å². The molecule has 0 spiro atoms. The zero-order valence-electron chi connectivity index (χ0n) is 17.0. The number of nitrogens with one attached hydrogen (secondary N) is 3. The summed E-state index contributed by atoms with van der Waals surface area (Å²) in [5, 5.41) is 18.0. The highest BCUT2D eigenvalue weighted by Gasteiger charge is 2.23. The molecule has 1 heterocycles. The number of fused-ring (bicyclic) bond motifs is 1. The highest BCUT2D eigenvalue weighted by Crippen LogP contribution is 2.26. The van der Waals surface area contributed by atoms with E-state index < -0.39 is 0 Å². The maximum Gasteiger partial charge on any atom is 0.323 e. The van der Waals surface area contributed by atoms with Gasteiger partial charge in [0.1, 0.15) is 5.75 Å². The van der Waals surface area contributed by atoms with Crippen molar-refractivity contribution < 1.29 is 14.7 Å². The van der Waals surface area contributed by atoms with Crippen LogP contribution in [0.1, 0.15) is 16.7 Å². The fourth-order valence-electron chi connectivity index (χ4n) is 3.61. The molecule has 0 aliphatic carbocycles. The van der Waals surface area contributed by atoms with Crippen LogP contribution in [0.3, 0.4) is 0 Å². The Morgan fingerprint density at radius 2 is 1.68 bits per heavy atom. The summed E-state index contributed by atoms with van der Waals surface area (Å²) in [7, 11) is 0. The van der Waals surface area contributed by atoms with Gasteiger partial charge in [0.25, 0.3) is 0 Å². The summed E-state index contributed by atoms with van der Waals surface area (Å²) in [6.45, 7) is 1.43. The topological polar surface area (TPSA) is 93.7 Å². The lowest BCUT2D eigenvalue weighted by molar-refractivity contribution is 0.192. The number of phenolic OH excluding ortho intramolecular Hbond substituents is 1. The second kappa shape index (κ2) is 9.21. The number of hydrogen-bond donors (Lipinski definition) is 4. The molecular formula is C24H24N4O3. The van der Waals surface area contributed by atoms with E-state index in [-0.39, 0.29) is 17.8 Å². The van der Waals surface area contributed by atoms with Gasteiger partial charge in [-0.3, -0.25) is 0 Å². The van der Waals surface area contributed by atoms with Crippen LogP contribution >= 0.6 is 0 Å². The molecule has 1 aliphatic heterocycles. The molecule has 3 aromatic rings. The largest absolute Gasteiger partial charge is 0.508 e. The lowest BCUT2D eigenvalue weighted by Gasteiger charge is -2.30. The smallest absolute Gasteiger partial charge is 0.323 e. The van der Waals surface area contributed by atoms with Gasteiger partial charge in [0, 0.05) is 31.0 Å². The molecule has 0 saturated heterocycles. The summed E-state index contributed by atoms with van der Waals surface area (Å²) >= 11 is 0. The first-order valence-corrected chi connectivity index (χ1v) is 10.1. The lowest BCUT2D eigenvalue weighted by Crippen LogP contribution is -2.42. The number of benzene rings is 3. The van der Waals surface area contributed by atoms with E-state index in [2.05, 4.69) is 16.0 Å². The maximum absolute atomic E-state index is 12.6. The molecule has 4 N–H and O–H groups in total. The molecule has 0 unspecified atom stereocenters. The van der Waals surface area contributed by atoms with Crippen molar-refractivity contribution in [3.05, 3.63) is 89.5 Å². The second-order valence-corrected chi connectivity index (χ2v) is 7.39. The monoisotopic (exact) mass is 416 g/mol. The number of carbonyl (C=O) groups excluding carboxylic acids is 2. The Bertz CT molecular complexity index is 1070. The van der Waals surface area contributed by atoms with Gasteiger partial charge in [-0.15, -0.1) is 0 Å². The van der Waals surface area contributed by atoms with Crippen LogP contribution in [0.5, 0.6) is 5.75 Å². The Balaban J connectivity index is 1.36. The van der Waals surface area contributed by atoms with Crippen molar-refractivity contribution in [2.75, 3.05) is 17.2 Å². The summed E-state index contributed by atoms with van der Waals surface area (Å²) in [6.07, 6.45) is 0.657. The van der Waals surface area contributed by atoms with Crippen molar-refractivity contribution in [1.29, 1.82) is 0 Å². The van der Waals surface area contributed by atoms with Crippen molar-refractivity contribution in [2.24, 2.45) is 0 Å². The zero-order chi connectivity index (χ0) is 21.6. The number of nitrogens with zero attached hydrogens (tertiary/aromatic N) is 1. The lowest BCUT2D eigenvalue weighted by atomic mass is 9.98. The number of urea groups is 2. The first kappa shape index (κ1) is 20.3. The number of phenols is 1. The van der Waals surface area contributed by atoms with E-state index in [1.807, 2.05) is 48.5 Å². The second-order valence-electron chi connectivity index (χ2n) is 7.39. The third kappa shape index (κ3) is 5.14. The van der Waals surface area contributed by atoms with Crippen molar-refractivity contribution in [2.45, 2.75) is 19.5 Å². The van der Waals surface area contributed by atoms with Crippen molar-refractivity contribution in [1.82, 2.24) is 10.2 Å². The molecule has 4 amide bonds. The normalized spacial score (nSPS) is 12.6. The molecule has 0 radical (unpaired) electrons. The Morgan fingerprint density at radius 3 is 2.45 bits per heavy atom. The number of carbonyl (C=O) groups is 2. The van der Waals surface area contributed by atoms with Gasteiger partial charge in [0.15, 0.2) is 0 Å². The van der Waals surface area contributed by atoms with Crippen LogP contribution in [0.25, 0.3) is 0 Å². The molecule has 0 aromatic heterocycles. The zero-order valence-corrected chi connectivity index (χ0v) is 17.0. The van der Waals surface area contributed by atoms with Gasteiger partial charge in [-0.25, -0.2) is 9.59 Å². The van der Waals surface area contributed by atoms with Gasteiger partial charge in [0.05, 0.1) is 0 Å². The first-order valence-electron chi connectivity index (χ1n) is 10.1. The molecule has 7 heteroatoms. The van der Waals surface area contributed by atoms with E-state index in [1.54, 1.807) is 29.2 Å². The fourth-order valence-corrected chi connectivity index (χ4v) is 3.61. The minimum absolute atomic E-state index is 0.140. The molecule has 0 fully saturated rings. The third-order valence-corrected chi connectivity index (χ3v) is 5.21. The highest BCUT2D eigenvalue weighted by molar-refractivity contribution is 6.00. The van der Waals surface area contributed by atoms with Crippen LogP contribution < -0.4 is 16.0 Å². The standard InChI is InChI=1S/C24H24N4O3/c29-20-11-9-17(10-12-20)15-25-24(31)28-14-13-21-18(16-28)5-4-8-22(21)27-23(30)26-19-6-2-1-3-7-19/h1-12,29H,13-16H2,(H,25,31)(H2,26,27,30). The average molecular weight is 416 g/mol. The van der Waals surface area contributed by atoms with E-state index in [0.29, 0.717) is 26.1 Å². The minimum atomic E-state index is -0.298. The number of hydrogen-bond acceptors (Lipinski definition) is 3. The Kier molecular flexibility index (Phi) is 6.03. The van der Waals surface area contributed by atoms with Crippen LogP contribution in [0.4, 0.5) is 21.0 Å². The number of anilines is 2. The van der Waals surface area contributed by atoms with E-state index in [1.165, 1.54) is 0 Å². The first-order chi connectivity index (χ1) is 15.1. The fraction of sp³-hybridized carbons (Fsp3) is 0.167. The third-order valence-electron chi connectivity index (χ3n) is 5.21. The molecule has 3 aromatic carbocycles. The van der Waals surface area contributed by atoms with E-state index in [9.17, 15) is 14.7 Å². The number of amides is 4. The maximum atomic E-state index is 12.6. The molecule has 7 nitrogen and oxygen atoms in total. The number of aromatic hydroxyl groups is 1. The summed E-state index contributed by atoms with van der Waals surface area (Å²) in [5.74, 6) is 0.199. The molecule has 4 rings (SSSR count). The van der Waals surface area contributed by atoms with E-state index in [0.717, 1.165) is 28.1 Å².